The zero-order valence-corrected chi connectivity index (χ0v) is 14.8. The molecule has 0 saturated carbocycles. The summed E-state index contributed by atoms with van der Waals surface area (Å²) in [6.45, 7) is 6.05. The molecule has 0 atom stereocenters. The quantitative estimate of drug-likeness (QED) is 0.835. The lowest BCUT2D eigenvalue weighted by atomic mass is 10.2. The number of rotatable bonds is 6. The SMILES string of the molecule is CCn1nc(C)c(Br)c1COc1ccc(CNC)cc1Cl. The second-order valence-electron chi connectivity index (χ2n) is 4.75. The van der Waals surface area contributed by atoms with Crippen LogP contribution in [0.5, 0.6) is 5.75 Å². The highest BCUT2D eigenvalue weighted by Crippen LogP contribution is 2.28. The molecular weight excluding hydrogens is 354 g/mol. The maximum atomic E-state index is 6.26. The highest BCUT2D eigenvalue weighted by atomic mass is 79.9. The van der Waals surface area contributed by atoms with E-state index in [1.54, 1.807) is 0 Å². The number of aromatic nitrogens is 2. The molecule has 0 bridgehead atoms. The van der Waals surface area contributed by atoms with Crippen molar-refractivity contribution in [3.05, 3.63) is 44.6 Å². The Morgan fingerprint density at radius 3 is 2.81 bits per heavy atom. The second kappa shape index (κ2) is 7.29. The summed E-state index contributed by atoms with van der Waals surface area (Å²) < 4.78 is 8.78. The Labute approximate surface area is 138 Å². The highest BCUT2D eigenvalue weighted by Gasteiger charge is 2.13. The zero-order valence-electron chi connectivity index (χ0n) is 12.4. The fourth-order valence-corrected chi connectivity index (χ4v) is 2.78. The summed E-state index contributed by atoms with van der Waals surface area (Å²) in [4.78, 5) is 0. The first kappa shape index (κ1) is 16.3. The number of nitrogens with one attached hydrogen (secondary N) is 1. The molecule has 1 aromatic carbocycles. The van der Waals surface area contributed by atoms with Gasteiger partial charge in [0.05, 0.1) is 20.9 Å². The van der Waals surface area contributed by atoms with Crippen molar-refractivity contribution in [2.24, 2.45) is 0 Å². The van der Waals surface area contributed by atoms with Crippen LogP contribution < -0.4 is 10.1 Å². The second-order valence-corrected chi connectivity index (χ2v) is 5.95. The molecular formula is C15H19BrClN3O. The van der Waals surface area contributed by atoms with Gasteiger partial charge in [0, 0.05) is 13.1 Å². The van der Waals surface area contributed by atoms with Crippen LogP contribution in [0.1, 0.15) is 23.9 Å². The third-order valence-electron chi connectivity index (χ3n) is 3.19. The van der Waals surface area contributed by atoms with Gasteiger partial charge in [-0.25, -0.2) is 0 Å². The van der Waals surface area contributed by atoms with Crippen LogP contribution in [0.15, 0.2) is 22.7 Å². The maximum absolute atomic E-state index is 6.26. The zero-order chi connectivity index (χ0) is 15.4. The minimum Gasteiger partial charge on any atom is -0.486 e. The van der Waals surface area contributed by atoms with Gasteiger partial charge in [-0.05, 0) is 54.5 Å². The van der Waals surface area contributed by atoms with Crippen LogP contribution in [-0.4, -0.2) is 16.8 Å². The number of hydrogen-bond donors (Lipinski definition) is 1. The normalized spacial score (nSPS) is 10.9. The molecule has 0 aliphatic heterocycles. The molecule has 0 radical (unpaired) electrons. The van der Waals surface area contributed by atoms with E-state index in [0.717, 1.165) is 34.5 Å². The van der Waals surface area contributed by atoms with Gasteiger partial charge >= 0.3 is 0 Å². The molecule has 0 spiro atoms. The molecule has 0 fully saturated rings. The van der Waals surface area contributed by atoms with E-state index in [-0.39, 0.29) is 0 Å². The summed E-state index contributed by atoms with van der Waals surface area (Å²) in [6.07, 6.45) is 0. The minimum absolute atomic E-state index is 0.431. The van der Waals surface area contributed by atoms with Crippen molar-refractivity contribution in [3.8, 4) is 5.75 Å². The molecule has 21 heavy (non-hydrogen) atoms. The van der Waals surface area contributed by atoms with Crippen molar-refractivity contribution in [1.29, 1.82) is 0 Å². The molecule has 2 aromatic rings. The van der Waals surface area contributed by atoms with Crippen molar-refractivity contribution in [1.82, 2.24) is 15.1 Å². The molecule has 0 aliphatic carbocycles. The first-order chi connectivity index (χ1) is 10.1. The lowest BCUT2D eigenvalue weighted by Gasteiger charge is -2.11. The van der Waals surface area contributed by atoms with E-state index < -0.39 is 0 Å². The van der Waals surface area contributed by atoms with Crippen LogP contribution in [-0.2, 0) is 19.7 Å². The van der Waals surface area contributed by atoms with Gasteiger partial charge in [-0.2, -0.15) is 5.10 Å². The van der Waals surface area contributed by atoms with E-state index in [0.29, 0.717) is 17.4 Å². The third-order valence-corrected chi connectivity index (χ3v) is 4.52. The van der Waals surface area contributed by atoms with E-state index in [4.69, 9.17) is 16.3 Å². The molecule has 4 nitrogen and oxygen atoms in total. The number of aryl methyl sites for hydroxylation is 2. The maximum Gasteiger partial charge on any atom is 0.138 e. The third kappa shape index (κ3) is 3.78. The van der Waals surface area contributed by atoms with Crippen LogP contribution >= 0.6 is 27.5 Å². The first-order valence-corrected chi connectivity index (χ1v) is 8.01. The van der Waals surface area contributed by atoms with E-state index in [2.05, 4.69) is 33.3 Å². The lowest BCUT2D eigenvalue weighted by Crippen LogP contribution is -2.07. The molecule has 6 heteroatoms. The monoisotopic (exact) mass is 371 g/mol. The molecule has 1 N–H and O–H groups in total. The van der Waals surface area contributed by atoms with Crippen LogP contribution in [0, 0.1) is 6.92 Å². The number of hydrogen-bond acceptors (Lipinski definition) is 3. The van der Waals surface area contributed by atoms with Gasteiger partial charge in [0.15, 0.2) is 0 Å². The summed E-state index contributed by atoms with van der Waals surface area (Å²) in [5.74, 6) is 0.685. The standard InChI is InChI=1S/C15H19BrClN3O/c1-4-20-13(15(16)10(2)19-20)9-21-14-6-5-11(8-18-3)7-12(14)17/h5-7,18H,4,8-9H2,1-3H3. The van der Waals surface area contributed by atoms with Crippen molar-refractivity contribution in [2.75, 3.05) is 7.05 Å². The van der Waals surface area contributed by atoms with E-state index in [9.17, 15) is 0 Å². The molecule has 0 aliphatic rings. The Morgan fingerprint density at radius 2 is 2.19 bits per heavy atom. The van der Waals surface area contributed by atoms with Gasteiger partial charge in [0.25, 0.3) is 0 Å². The van der Waals surface area contributed by atoms with Crippen molar-refractivity contribution < 1.29 is 4.74 Å². The topological polar surface area (TPSA) is 39.1 Å². The van der Waals surface area contributed by atoms with Crippen molar-refractivity contribution in [2.45, 2.75) is 33.5 Å². The number of benzene rings is 1. The number of nitrogens with zero attached hydrogens (tertiary/aromatic N) is 2. The first-order valence-electron chi connectivity index (χ1n) is 6.84. The summed E-state index contributed by atoms with van der Waals surface area (Å²) >= 11 is 9.82. The van der Waals surface area contributed by atoms with Gasteiger partial charge in [-0.1, -0.05) is 17.7 Å². The average Bonchev–Trinajstić information content (AvgIpc) is 2.74. The predicted molar refractivity (Wildman–Crippen MR) is 88.9 cm³/mol. The van der Waals surface area contributed by atoms with Gasteiger partial charge in [-0.3, -0.25) is 4.68 Å². The van der Waals surface area contributed by atoms with Crippen LogP contribution in [0.2, 0.25) is 5.02 Å². The minimum atomic E-state index is 0.431. The summed E-state index contributed by atoms with van der Waals surface area (Å²) in [5.41, 5.74) is 3.11. The molecule has 0 amide bonds. The van der Waals surface area contributed by atoms with Gasteiger partial charge in [0.2, 0.25) is 0 Å². The van der Waals surface area contributed by atoms with Crippen molar-refractivity contribution >= 4 is 27.5 Å². The van der Waals surface area contributed by atoms with Crippen molar-refractivity contribution in [3.63, 3.8) is 0 Å². The Morgan fingerprint density at radius 1 is 1.43 bits per heavy atom. The lowest BCUT2D eigenvalue weighted by molar-refractivity contribution is 0.292. The Balaban J connectivity index is 2.13. The number of ether oxygens (including phenoxy) is 1. The van der Waals surface area contributed by atoms with Crippen LogP contribution in [0.25, 0.3) is 0 Å². The summed E-state index contributed by atoms with van der Waals surface area (Å²) in [7, 11) is 1.91. The van der Waals surface area contributed by atoms with Crippen LogP contribution in [0.4, 0.5) is 0 Å². The Kier molecular flexibility index (Phi) is 5.67. The highest BCUT2D eigenvalue weighted by molar-refractivity contribution is 9.10. The fourth-order valence-electron chi connectivity index (χ4n) is 2.13. The molecule has 1 heterocycles. The summed E-state index contributed by atoms with van der Waals surface area (Å²) in [6, 6.07) is 5.84. The fraction of sp³-hybridized carbons (Fsp3) is 0.400. The smallest absolute Gasteiger partial charge is 0.138 e. The molecule has 1 aromatic heterocycles. The largest absolute Gasteiger partial charge is 0.486 e. The van der Waals surface area contributed by atoms with Gasteiger partial charge in [0.1, 0.15) is 12.4 Å². The molecule has 0 unspecified atom stereocenters. The Hall–Kier alpha value is -1.04. The van der Waals surface area contributed by atoms with E-state index in [1.807, 2.05) is 36.9 Å². The predicted octanol–water partition coefficient (Wildman–Crippen LogP) is 3.93. The van der Waals surface area contributed by atoms with Gasteiger partial charge < -0.3 is 10.1 Å². The average molecular weight is 373 g/mol. The Bertz CT molecular complexity index is 628. The van der Waals surface area contributed by atoms with E-state index >= 15 is 0 Å². The molecule has 2 rings (SSSR count). The van der Waals surface area contributed by atoms with E-state index in [1.165, 1.54) is 0 Å². The summed E-state index contributed by atoms with van der Waals surface area (Å²) in [5, 5.41) is 8.17. The van der Waals surface area contributed by atoms with Crippen LogP contribution in [0.3, 0.4) is 0 Å². The molecule has 0 saturated heterocycles. The van der Waals surface area contributed by atoms with Gasteiger partial charge in [-0.15, -0.1) is 0 Å². The molecule has 114 valence electrons. The number of halogens is 2.